The van der Waals surface area contributed by atoms with Gasteiger partial charge in [-0.15, -0.1) is 10.2 Å². The number of hydrogen-bond donors (Lipinski definition) is 1. The van der Waals surface area contributed by atoms with E-state index in [4.69, 9.17) is 5.11 Å². The topological polar surface area (TPSA) is 54.2 Å². The molecule has 8 heteroatoms. The summed E-state index contributed by atoms with van der Waals surface area (Å²) in [5.74, 6) is -0.554. The molecule has 1 unspecified atom stereocenters. The summed E-state index contributed by atoms with van der Waals surface area (Å²) in [7, 11) is 0. The maximum absolute atomic E-state index is 12.6. The van der Waals surface area contributed by atoms with Crippen molar-refractivity contribution in [3.63, 3.8) is 0 Å². The molecule has 19 heavy (non-hydrogen) atoms. The lowest BCUT2D eigenvalue weighted by Gasteiger charge is -2.27. The molecule has 1 aliphatic heterocycles. The first-order chi connectivity index (χ1) is 8.88. The SMILES string of the molecule is CC(O)CCCN1CCn2c(nnc2C(F)(F)F)C1. The average molecular weight is 278 g/mol. The van der Waals surface area contributed by atoms with Crippen LogP contribution in [0.1, 0.15) is 31.4 Å². The van der Waals surface area contributed by atoms with Gasteiger partial charge in [-0.2, -0.15) is 13.2 Å². The predicted molar refractivity (Wildman–Crippen MR) is 61.2 cm³/mol. The van der Waals surface area contributed by atoms with Crippen LogP contribution in [0.15, 0.2) is 0 Å². The third-order valence-corrected chi connectivity index (χ3v) is 3.18. The number of alkyl halides is 3. The van der Waals surface area contributed by atoms with Crippen LogP contribution in [0.5, 0.6) is 0 Å². The molecule has 0 radical (unpaired) electrons. The molecule has 0 fully saturated rings. The van der Waals surface area contributed by atoms with Gasteiger partial charge in [0.25, 0.3) is 0 Å². The van der Waals surface area contributed by atoms with Gasteiger partial charge in [-0.1, -0.05) is 0 Å². The molecular weight excluding hydrogens is 261 g/mol. The minimum atomic E-state index is -4.44. The zero-order valence-corrected chi connectivity index (χ0v) is 10.7. The van der Waals surface area contributed by atoms with E-state index in [9.17, 15) is 13.2 Å². The number of aliphatic hydroxyl groups is 1. The van der Waals surface area contributed by atoms with Gasteiger partial charge in [0.2, 0.25) is 5.82 Å². The summed E-state index contributed by atoms with van der Waals surface area (Å²) >= 11 is 0. The molecule has 2 heterocycles. The summed E-state index contributed by atoms with van der Waals surface area (Å²) in [6.07, 6.45) is -3.28. The Bertz CT molecular complexity index is 430. The molecule has 1 aromatic rings. The van der Waals surface area contributed by atoms with E-state index in [2.05, 4.69) is 10.2 Å². The Balaban J connectivity index is 1.96. The van der Waals surface area contributed by atoms with Gasteiger partial charge >= 0.3 is 6.18 Å². The van der Waals surface area contributed by atoms with E-state index in [0.717, 1.165) is 17.5 Å². The Morgan fingerprint density at radius 2 is 2.05 bits per heavy atom. The standard InChI is InChI=1S/C11H17F3N4O/c1-8(19)3-2-4-17-5-6-18-9(7-17)15-16-10(18)11(12,13)14/h8,19H,2-7H2,1H3. The monoisotopic (exact) mass is 278 g/mol. The molecule has 5 nitrogen and oxygen atoms in total. The van der Waals surface area contributed by atoms with Crippen molar-refractivity contribution < 1.29 is 18.3 Å². The van der Waals surface area contributed by atoms with Crippen LogP contribution in [0, 0.1) is 0 Å². The van der Waals surface area contributed by atoms with Gasteiger partial charge < -0.3 is 9.67 Å². The van der Waals surface area contributed by atoms with Gasteiger partial charge in [-0.3, -0.25) is 4.90 Å². The second-order valence-electron chi connectivity index (χ2n) is 4.86. The Hall–Kier alpha value is -1.15. The smallest absolute Gasteiger partial charge is 0.393 e. The highest BCUT2D eigenvalue weighted by atomic mass is 19.4. The second kappa shape index (κ2) is 5.46. The first-order valence-electron chi connectivity index (χ1n) is 6.27. The first-order valence-corrected chi connectivity index (χ1v) is 6.27. The average Bonchev–Trinajstić information content (AvgIpc) is 2.71. The second-order valence-corrected chi connectivity index (χ2v) is 4.86. The van der Waals surface area contributed by atoms with Crippen molar-refractivity contribution in [3.05, 3.63) is 11.6 Å². The zero-order valence-electron chi connectivity index (χ0n) is 10.7. The molecule has 0 aliphatic carbocycles. The van der Waals surface area contributed by atoms with E-state index in [0.29, 0.717) is 25.3 Å². The first kappa shape index (κ1) is 14.3. The maximum atomic E-state index is 12.6. The number of rotatable bonds is 4. The number of aliphatic hydroxyl groups excluding tert-OH is 1. The van der Waals surface area contributed by atoms with E-state index in [1.54, 1.807) is 6.92 Å². The molecular formula is C11H17F3N4O. The number of fused-ring (bicyclic) bond motifs is 1. The lowest BCUT2D eigenvalue weighted by Crippen LogP contribution is -2.36. The summed E-state index contributed by atoms with van der Waals surface area (Å²) < 4.78 is 39.0. The highest BCUT2D eigenvalue weighted by molar-refractivity contribution is 5.02. The van der Waals surface area contributed by atoms with Crippen LogP contribution in [0.3, 0.4) is 0 Å². The third-order valence-electron chi connectivity index (χ3n) is 3.18. The number of nitrogens with zero attached hydrogens (tertiary/aromatic N) is 4. The Morgan fingerprint density at radius 1 is 1.32 bits per heavy atom. The zero-order chi connectivity index (χ0) is 14.0. The Kier molecular flexibility index (Phi) is 4.10. The van der Waals surface area contributed by atoms with Crippen LogP contribution in [-0.4, -0.2) is 44.0 Å². The maximum Gasteiger partial charge on any atom is 0.451 e. The molecule has 0 bridgehead atoms. The highest BCUT2D eigenvalue weighted by Gasteiger charge is 2.39. The van der Waals surface area contributed by atoms with Crippen LogP contribution >= 0.6 is 0 Å². The van der Waals surface area contributed by atoms with E-state index in [1.807, 2.05) is 4.90 Å². The molecule has 1 aliphatic rings. The Labute approximate surface area is 109 Å². The molecule has 0 amide bonds. The fraction of sp³-hybridized carbons (Fsp3) is 0.818. The summed E-state index contributed by atoms with van der Waals surface area (Å²) in [5, 5.41) is 16.0. The molecule has 1 N–H and O–H groups in total. The van der Waals surface area contributed by atoms with Gasteiger partial charge in [0.1, 0.15) is 5.82 Å². The number of aromatic nitrogens is 3. The summed E-state index contributed by atoms with van der Waals surface area (Å²) in [4.78, 5) is 2.03. The fourth-order valence-electron chi connectivity index (χ4n) is 2.22. The predicted octanol–water partition coefficient (Wildman–Crippen LogP) is 1.27. The molecule has 1 atom stereocenters. The van der Waals surface area contributed by atoms with Crippen molar-refractivity contribution in [2.45, 2.75) is 45.1 Å². The highest BCUT2D eigenvalue weighted by Crippen LogP contribution is 2.29. The van der Waals surface area contributed by atoms with E-state index >= 15 is 0 Å². The third kappa shape index (κ3) is 3.44. The quantitative estimate of drug-likeness (QED) is 0.901. The summed E-state index contributed by atoms with van der Waals surface area (Å²) in [6.45, 7) is 3.66. The summed E-state index contributed by atoms with van der Waals surface area (Å²) in [6, 6.07) is 0. The molecule has 0 aromatic carbocycles. The summed E-state index contributed by atoms with van der Waals surface area (Å²) in [5.41, 5.74) is 0. The largest absolute Gasteiger partial charge is 0.451 e. The van der Waals surface area contributed by atoms with Gasteiger partial charge in [0, 0.05) is 13.1 Å². The van der Waals surface area contributed by atoms with Crippen molar-refractivity contribution in [2.24, 2.45) is 0 Å². The van der Waals surface area contributed by atoms with Crippen molar-refractivity contribution >= 4 is 0 Å². The van der Waals surface area contributed by atoms with E-state index in [1.165, 1.54) is 0 Å². The van der Waals surface area contributed by atoms with E-state index < -0.39 is 12.0 Å². The lowest BCUT2D eigenvalue weighted by atomic mass is 10.2. The van der Waals surface area contributed by atoms with Crippen molar-refractivity contribution in [1.29, 1.82) is 0 Å². The van der Waals surface area contributed by atoms with Crippen LogP contribution in [0.2, 0.25) is 0 Å². The minimum absolute atomic E-state index is 0.256. The van der Waals surface area contributed by atoms with E-state index in [-0.39, 0.29) is 12.6 Å². The Morgan fingerprint density at radius 3 is 2.68 bits per heavy atom. The van der Waals surface area contributed by atoms with Crippen molar-refractivity contribution in [3.8, 4) is 0 Å². The normalized spacial score (nSPS) is 18.4. The lowest BCUT2D eigenvalue weighted by molar-refractivity contribution is -0.148. The van der Waals surface area contributed by atoms with Crippen molar-refractivity contribution in [2.75, 3.05) is 13.1 Å². The number of hydrogen-bond acceptors (Lipinski definition) is 4. The van der Waals surface area contributed by atoms with Crippen LogP contribution in [-0.2, 0) is 19.3 Å². The minimum Gasteiger partial charge on any atom is -0.393 e. The molecule has 0 saturated carbocycles. The fourth-order valence-corrected chi connectivity index (χ4v) is 2.22. The number of halogens is 3. The molecule has 0 spiro atoms. The molecule has 1 aromatic heterocycles. The van der Waals surface area contributed by atoms with Gasteiger partial charge in [0.15, 0.2) is 0 Å². The van der Waals surface area contributed by atoms with Gasteiger partial charge in [-0.05, 0) is 26.3 Å². The van der Waals surface area contributed by atoms with Gasteiger partial charge in [0.05, 0.1) is 12.6 Å². The van der Waals surface area contributed by atoms with Crippen molar-refractivity contribution in [1.82, 2.24) is 19.7 Å². The van der Waals surface area contributed by atoms with Gasteiger partial charge in [-0.25, -0.2) is 0 Å². The van der Waals surface area contributed by atoms with Crippen LogP contribution in [0.25, 0.3) is 0 Å². The molecule has 2 rings (SSSR count). The molecule has 0 saturated heterocycles. The van der Waals surface area contributed by atoms with Crippen LogP contribution < -0.4 is 0 Å². The molecule has 108 valence electrons. The van der Waals surface area contributed by atoms with Crippen LogP contribution in [0.4, 0.5) is 13.2 Å².